The zero-order valence-corrected chi connectivity index (χ0v) is 8.44. The van der Waals surface area contributed by atoms with E-state index >= 15 is 0 Å². The fraction of sp³-hybridized carbons (Fsp3) is 0.250. The van der Waals surface area contributed by atoms with E-state index in [4.69, 9.17) is 10.7 Å². The minimum Gasteiger partial charge on any atom is -0.243 e. The van der Waals surface area contributed by atoms with Gasteiger partial charge in [0.25, 0.3) is 9.05 Å². The monoisotopic (exact) mass is 222 g/mol. The van der Waals surface area contributed by atoms with E-state index in [0.717, 1.165) is 0 Å². The number of alkyl halides is 1. The summed E-state index contributed by atoms with van der Waals surface area (Å²) >= 11 is 0. The maximum atomic E-state index is 12.7. The van der Waals surface area contributed by atoms with Crippen LogP contribution in [0.2, 0.25) is 0 Å². The molecule has 0 saturated heterocycles. The summed E-state index contributed by atoms with van der Waals surface area (Å²) in [5.74, 6) is 0. The van der Waals surface area contributed by atoms with Gasteiger partial charge in [-0.15, -0.1) is 0 Å². The molecule has 0 radical (unpaired) electrons. The van der Waals surface area contributed by atoms with Crippen molar-refractivity contribution in [3.63, 3.8) is 0 Å². The van der Waals surface area contributed by atoms with Crippen molar-refractivity contribution < 1.29 is 12.8 Å². The summed E-state index contributed by atoms with van der Waals surface area (Å²) in [4.78, 5) is -0.0152. The molecule has 1 aromatic rings. The van der Waals surface area contributed by atoms with Gasteiger partial charge in [0.05, 0.1) is 4.90 Å². The predicted molar refractivity (Wildman–Crippen MR) is 49.0 cm³/mol. The van der Waals surface area contributed by atoms with Crippen LogP contribution in [0.15, 0.2) is 29.2 Å². The number of hydrogen-bond donors (Lipinski definition) is 0. The molecule has 1 rings (SSSR count). The van der Waals surface area contributed by atoms with Crippen molar-refractivity contribution in [2.75, 3.05) is 0 Å². The summed E-state index contributed by atoms with van der Waals surface area (Å²) in [5.41, 5.74) is 0.434. The van der Waals surface area contributed by atoms with Crippen molar-refractivity contribution in [1.82, 2.24) is 0 Å². The van der Waals surface area contributed by atoms with Crippen molar-refractivity contribution in [3.05, 3.63) is 29.8 Å². The van der Waals surface area contributed by atoms with Crippen LogP contribution in [-0.2, 0) is 9.05 Å². The maximum absolute atomic E-state index is 12.7. The van der Waals surface area contributed by atoms with Crippen molar-refractivity contribution in [2.24, 2.45) is 0 Å². The van der Waals surface area contributed by atoms with E-state index in [1.165, 1.54) is 31.2 Å². The van der Waals surface area contributed by atoms with Crippen LogP contribution < -0.4 is 0 Å². The highest BCUT2D eigenvalue weighted by Gasteiger charge is 2.10. The lowest BCUT2D eigenvalue weighted by Gasteiger charge is -2.01. The molecule has 1 atom stereocenters. The number of rotatable bonds is 2. The summed E-state index contributed by atoms with van der Waals surface area (Å²) in [5, 5.41) is 0. The van der Waals surface area contributed by atoms with Crippen LogP contribution in [0, 0.1) is 0 Å². The molecular formula is C8H8ClFO2S. The SMILES string of the molecule is C[C@H](F)c1ccc(S(=O)(=O)Cl)cc1. The number of benzene rings is 1. The highest BCUT2D eigenvalue weighted by molar-refractivity contribution is 8.13. The first-order valence-corrected chi connectivity index (χ1v) is 5.91. The molecule has 0 aromatic heterocycles. The average Bonchev–Trinajstić information content (AvgIpc) is 2.03. The molecule has 72 valence electrons. The van der Waals surface area contributed by atoms with E-state index < -0.39 is 15.2 Å². The summed E-state index contributed by atoms with van der Waals surface area (Å²) in [7, 11) is 1.37. The van der Waals surface area contributed by atoms with Gasteiger partial charge in [-0.25, -0.2) is 12.8 Å². The number of hydrogen-bond acceptors (Lipinski definition) is 2. The first-order valence-electron chi connectivity index (χ1n) is 3.60. The third-order valence-corrected chi connectivity index (χ3v) is 2.99. The van der Waals surface area contributed by atoms with E-state index in [-0.39, 0.29) is 4.90 Å². The topological polar surface area (TPSA) is 34.1 Å². The number of halogens is 2. The first-order chi connectivity index (χ1) is 5.91. The van der Waals surface area contributed by atoms with Crippen LogP contribution >= 0.6 is 10.7 Å². The molecule has 0 aliphatic rings. The molecule has 2 nitrogen and oxygen atoms in total. The molecule has 0 N–H and O–H groups in total. The molecule has 0 saturated carbocycles. The first kappa shape index (κ1) is 10.5. The van der Waals surface area contributed by atoms with Crippen LogP contribution in [0.5, 0.6) is 0 Å². The van der Waals surface area contributed by atoms with E-state index in [2.05, 4.69) is 0 Å². The highest BCUT2D eigenvalue weighted by atomic mass is 35.7. The Morgan fingerprint density at radius 1 is 1.31 bits per heavy atom. The quantitative estimate of drug-likeness (QED) is 0.721. The Morgan fingerprint density at radius 3 is 2.08 bits per heavy atom. The minimum atomic E-state index is -3.70. The molecule has 0 unspecified atom stereocenters. The molecule has 0 bridgehead atoms. The van der Waals surface area contributed by atoms with Crippen LogP contribution in [0.25, 0.3) is 0 Å². The molecule has 0 amide bonds. The van der Waals surface area contributed by atoms with Gasteiger partial charge in [-0.2, -0.15) is 0 Å². The van der Waals surface area contributed by atoms with E-state index in [1.807, 2.05) is 0 Å². The summed E-state index contributed by atoms with van der Waals surface area (Å²) < 4.78 is 34.3. The molecule has 5 heteroatoms. The van der Waals surface area contributed by atoms with Gasteiger partial charge in [-0.05, 0) is 24.6 Å². The van der Waals surface area contributed by atoms with E-state index in [9.17, 15) is 12.8 Å². The average molecular weight is 223 g/mol. The molecule has 0 fully saturated rings. The maximum Gasteiger partial charge on any atom is 0.261 e. The smallest absolute Gasteiger partial charge is 0.243 e. The lowest BCUT2D eigenvalue weighted by molar-refractivity contribution is 0.374. The third kappa shape index (κ3) is 2.67. The van der Waals surface area contributed by atoms with Gasteiger partial charge in [0.1, 0.15) is 6.17 Å². The van der Waals surface area contributed by atoms with E-state index in [1.54, 1.807) is 0 Å². The second-order valence-electron chi connectivity index (χ2n) is 2.62. The highest BCUT2D eigenvalue weighted by Crippen LogP contribution is 2.20. The molecule has 1 aromatic carbocycles. The zero-order valence-electron chi connectivity index (χ0n) is 6.87. The Hall–Kier alpha value is -0.610. The fourth-order valence-electron chi connectivity index (χ4n) is 0.896. The van der Waals surface area contributed by atoms with Crippen LogP contribution in [-0.4, -0.2) is 8.42 Å². The Kier molecular flexibility index (Phi) is 2.93. The normalized spacial score (nSPS) is 14.1. The van der Waals surface area contributed by atoms with Crippen LogP contribution in [0.3, 0.4) is 0 Å². The lowest BCUT2D eigenvalue weighted by Crippen LogP contribution is -1.91. The molecule has 0 aliphatic heterocycles. The summed E-state index contributed by atoms with van der Waals surface area (Å²) in [6.07, 6.45) is -1.10. The predicted octanol–water partition coefficient (Wildman–Crippen LogP) is 2.64. The summed E-state index contributed by atoms with van der Waals surface area (Å²) in [6.45, 7) is 1.38. The van der Waals surface area contributed by atoms with Gasteiger partial charge in [0, 0.05) is 10.7 Å². The van der Waals surface area contributed by atoms with Crippen molar-refractivity contribution in [2.45, 2.75) is 18.0 Å². The van der Waals surface area contributed by atoms with Crippen molar-refractivity contribution >= 4 is 19.7 Å². The van der Waals surface area contributed by atoms with Gasteiger partial charge < -0.3 is 0 Å². The molecule has 0 spiro atoms. The standard InChI is InChI=1S/C8H8ClFO2S/c1-6(10)7-2-4-8(5-3-7)13(9,11)12/h2-6H,1H3/t6-/m0/s1. The largest absolute Gasteiger partial charge is 0.261 e. The van der Waals surface area contributed by atoms with Gasteiger partial charge >= 0.3 is 0 Å². The Labute approximate surface area is 80.8 Å². The molecule has 13 heavy (non-hydrogen) atoms. The van der Waals surface area contributed by atoms with Gasteiger partial charge in [-0.3, -0.25) is 0 Å². The zero-order chi connectivity index (χ0) is 10.1. The second-order valence-corrected chi connectivity index (χ2v) is 5.19. The minimum absolute atomic E-state index is 0.0152. The second kappa shape index (κ2) is 3.64. The van der Waals surface area contributed by atoms with Crippen molar-refractivity contribution in [1.29, 1.82) is 0 Å². The fourth-order valence-corrected chi connectivity index (χ4v) is 1.67. The van der Waals surface area contributed by atoms with Gasteiger partial charge in [0.2, 0.25) is 0 Å². The van der Waals surface area contributed by atoms with E-state index in [0.29, 0.717) is 5.56 Å². The molecule has 0 aliphatic carbocycles. The lowest BCUT2D eigenvalue weighted by atomic mass is 10.1. The Morgan fingerprint density at radius 2 is 1.77 bits per heavy atom. The van der Waals surface area contributed by atoms with Crippen molar-refractivity contribution in [3.8, 4) is 0 Å². The van der Waals surface area contributed by atoms with Crippen LogP contribution in [0.1, 0.15) is 18.7 Å². The summed E-state index contributed by atoms with van der Waals surface area (Å²) in [6, 6.07) is 5.38. The molecular weight excluding hydrogens is 215 g/mol. The Bertz CT molecular complexity index is 383. The van der Waals surface area contributed by atoms with Gasteiger partial charge in [0.15, 0.2) is 0 Å². The van der Waals surface area contributed by atoms with Gasteiger partial charge in [-0.1, -0.05) is 12.1 Å². The third-order valence-electron chi connectivity index (χ3n) is 1.62. The Balaban J connectivity index is 3.08. The van der Waals surface area contributed by atoms with Crippen LogP contribution in [0.4, 0.5) is 4.39 Å². The molecule has 0 heterocycles.